The number of halogens is 3. The highest BCUT2D eigenvalue weighted by molar-refractivity contribution is 9.09. The molecule has 1 aromatic heterocycles. The molecule has 1 aliphatic rings. The molecule has 1 N–H and O–H groups in total. The summed E-state index contributed by atoms with van der Waals surface area (Å²) in [6.07, 6.45) is 1.59. The van der Waals surface area contributed by atoms with Gasteiger partial charge in [0.15, 0.2) is 11.6 Å². The Balaban J connectivity index is 1.89. The second-order valence-corrected chi connectivity index (χ2v) is 7.76. The molecule has 3 rings (SSSR count). The summed E-state index contributed by atoms with van der Waals surface area (Å²) in [6.45, 7) is 1.69. The molecule has 1 aliphatic heterocycles. The Morgan fingerprint density at radius 3 is 3.00 bits per heavy atom. The zero-order chi connectivity index (χ0) is 17.8. The molecule has 3 nitrogen and oxygen atoms in total. The maximum Gasteiger partial charge on any atom is 0.242 e. The number of thiophene rings is 1. The summed E-state index contributed by atoms with van der Waals surface area (Å²) in [5.74, 6) is -2.16. The van der Waals surface area contributed by atoms with Crippen molar-refractivity contribution in [1.29, 1.82) is 0 Å². The lowest BCUT2D eigenvalue weighted by Gasteiger charge is -2.34. The molecule has 134 valence electrons. The highest BCUT2D eigenvalue weighted by atomic mass is 79.9. The van der Waals surface area contributed by atoms with E-state index in [0.29, 0.717) is 19.6 Å². The number of carbonyl (C=O) groups excluding carboxylic acids is 1. The number of alkyl halides is 1. The normalized spacial score (nSPS) is 15.6. The van der Waals surface area contributed by atoms with E-state index in [1.165, 1.54) is 17.0 Å². The smallest absolute Gasteiger partial charge is 0.242 e. The molecule has 2 heterocycles. The Bertz CT molecular complexity index is 752. The zero-order valence-electron chi connectivity index (χ0n) is 13.6. The van der Waals surface area contributed by atoms with Crippen molar-refractivity contribution in [3.63, 3.8) is 0 Å². The van der Waals surface area contributed by atoms with E-state index in [4.69, 9.17) is 0 Å². The molecule has 0 aliphatic carbocycles. The van der Waals surface area contributed by atoms with Crippen molar-refractivity contribution in [3.8, 4) is 0 Å². The van der Waals surface area contributed by atoms with Gasteiger partial charge in [-0.3, -0.25) is 9.69 Å². The highest BCUT2D eigenvalue weighted by Gasteiger charge is 2.33. The summed E-state index contributed by atoms with van der Waals surface area (Å²) < 4.78 is 28.1. The Morgan fingerprint density at radius 1 is 1.36 bits per heavy atom. The van der Waals surface area contributed by atoms with Crippen molar-refractivity contribution in [2.75, 3.05) is 18.4 Å². The molecule has 0 saturated carbocycles. The maximum atomic E-state index is 14.4. The first-order valence-corrected chi connectivity index (χ1v) is 10.2. The maximum absolute atomic E-state index is 14.4. The number of nitrogens with one attached hydrogen (secondary N) is 1. The largest absolute Gasteiger partial charge is 0.354 e. The van der Waals surface area contributed by atoms with Gasteiger partial charge in [0.2, 0.25) is 5.91 Å². The summed E-state index contributed by atoms with van der Waals surface area (Å²) >= 11 is 5.02. The minimum Gasteiger partial charge on any atom is -0.354 e. The van der Waals surface area contributed by atoms with Gasteiger partial charge in [0.1, 0.15) is 6.04 Å². The molecule has 0 saturated heterocycles. The van der Waals surface area contributed by atoms with Crippen LogP contribution in [0.2, 0.25) is 0 Å². The van der Waals surface area contributed by atoms with Crippen LogP contribution in [0.4, 0.5) is 8.78 Å². The fraction of sp³-hybridized carbons (Fsp3) is 0.389. The van der Waals surface area contributed by atoms with Gasteiger partial charge in [-0.15, -0.1) is 11.3 Å². The molecule has 0 fully saturated rings. The number of rotatable bonds is 6. The van der Waals surface area contributed by atoms with Gasteiger partial charge in [0.05, 0.1) is 0 Å². The molecular weight excluding hydrogens is 410 g/mol. The molecule has 1 aromatic carbocycles. The van der Waals surface area contributed by atoms with E-state index in [-0.39, 0.29) is 11.5 Å². The molecule has 2 aromatic rings. The lowest BCUT2D eigenvalue weighted by atomic mass is 9.99. The quantitative estimate of drug-likeness (QED) is 0.556. The van der Waals surface area contributed by atoms with E-state index in [1.807, 2.05) is 16.3 Å². The van der Waals surface area contributed by atoms with Crippen molar-refractivity contribution in [3.05, 3.63) is 57.3 Å². The average Bonchev–Trinajstić information content (AvgIpc) is 3.07. The number of nitrogens with zero attached hydrogens (tertiary/aromatic N) is 1. The van der Waals surface area contributed by atoms with Crippen LogP contribution in [0.3, 0.4) is 0 Å². The predicted octanol–water partition coefficient (Wildman–Crippen LogP) is 4.03. The van der Waals surface area contributed by atoms with E-state index in [0.717, 1.165) is 29.8 Å². The van der Waals surface area contributed by atoms with Gasteiger partial charge >= 0.3 is 0 Å². The van der Waals surface area contributed by atoms with E-state index in [9.17, 15) is 13.6 Å². The Hall–Kier alpha value is -1.31. The van der Waals surface area contributed by atoms with Crippen molar-refractivity contribution in [2.24, 2.45) is 0 Å². The molecule has 0 radical (unpaired) electrons. The highest BCUT2D eigenvalue weighted by Crippen LogP contribution is 2.32. The van der Waals surface area contributed by atoms with Crippen molar-refractivity contribution in [1.82, 2.24) is 10.2 Å². The Kier molecular flexibility index (Phi) is 6.19. The van der Waals surface area contributed by atoms with Crippen LogP contribution in [0.15, 0.2) is 29.6 Å². The van der Waals surface area contributed by atoms with Gasteiger partial charge in [-0.25, -0.2) is 8.78 Å². The minimum atomic E-state index is -0.945. The Labute approximate surface area is 158 Å². The summed E-state index contributed by atoms with van der Waals surface area (Å²) in [6, 6.07) is 5.22. The third-order valence-electron chi connectivity index (χ3n) is 4.34. The first-order valence-electron chi connectivity index (χ1n) is 8.18. The second-order valence-electron chi connectivity index (χ2n) is 5.97. The third kappa shape index (κ3) is 4.10. The van der Waals surface area contributed by atoms with Crippen LogP contribution in [0.5, 0.6) is 0 Å². The van der Waals surface area contributed by atoms with E-state index < -0.39 is 17.7 Å². The standard InChI is InChI=1S/C18H19BrF2N2OS/c19-7-2-8-22-18(24)17(13-3-1-4-14(20)16(13)21)23-9-5-15-12(11-23)6-10-25-15/h1,3-4,6,10,17H,2,5,7-9,11H2,(H,22,24). The van der Waals surface area contributed by atoms with Crippen molar-refractivity contribution >= 4 is 33.2 Å². The molecular formula is C18H19BrF2N2OS. The average molecular weight is 429 g/mol. The summed E-state index contributed by atoms with van der Waals surface area (Å²) in [5.41, 5.74) is 1.25. The molecule has 1 amide bonds. The molecule has 25 heavy (non-hydrogen) atoms. The lowest BCUT2D eigenvalue weighted by molar-refractivity contribution is -0.127. The first-order chi connectivity index (χ1) is 12.1. The predicted molar refractivity (Wildman–Crippen MR) is 99.0 cm³/mol. The van der Waals surface area contributed by atoms with Crippen LogP contribution in [0.25, 0.3) is 0 Å². The number of fused-ring (bicyclic) bond motifs is 1. The van der Waals surface area contributed by atoms with Crippen LogP contribution in [0.1, 0.15) is 28.5 Å². The number of amides is 1. The van der Waals surface area contributed by atoms with Crippen molar-refractivity contribution in [2.45, 2.75) is 25.4 Å². The van der Waals surface area contributed by atoms with Crippen LogP contribution in [-0.4, -0.2) is 29.2 Å². The number of carbonyl (C=O) groups is 1. The van der Waals surface area contributed by atoms with E-state index in [1.54, 1.807) is 11.3 Å². The molecule has 7 heteroatoms. The molecule has 1 atom stereocenters. The van der Waals surface area contributed by atoms with Gasteiger partial charge < -0.3 is 5.32 Å². The van der Waals surface area contributed by atoms with E-state index in [2.05, 4.69) is 21.2 Å². The monoisotopic (exact) mass is 428 g/mol. The molecule has 1 unspecified atom stereocenters. The minimum absolute atomic E-state index is 0.0926. The van der Waals surface area contributed by atoms with Gasteiger partial charge in [0.25, 0.3) is 0 Å². The van der Waals surface area contributed by atoms with Crippen molar-refractivity contribution < 1.29 is 13.6 Å². The molecule has 0 spiro atoms. The van der Waals surface area contributed by atoms with E-state index >= 15 is 0 Å². The summed E-state index contributed by atoms with van der Waals surface area (Å²) in [5, 5.41) is 5.65. The van der Waals surface area contributed by atoms with Gasteiger partial charge in [-0.2, -0.15) is 0 Å². The van der Waals surface area contributed by atoms with Crippen LogP contribution >= 0.6 is 27.3 Å². The van der Waals surface area contributed by atoms with Crippen LogP contribution in [0, 0.1) is 11.6 Å². The number of hydrogen-bond donors (Lipinski definition) is 1. The molecule has 0 bridgehead atoms. The topological polar surface area (TPSA) is 32.3 Å². The summed E-state index contributed by atoms with van der Waals surface area (Å²) in [7, 11) is 0. The van der Waals surface area contributed by atoms with Crippen LogP contribution in [-0.2, 0) is 17.8 Å². The zero-order valence-corrected chi connectivity index (χ0v) is 16.0. The summed E-state index contributed by atoms with van der Waals surface area (Å²) in [4.78, 5) is 16.0. The van der Waals surface area contributed by atoms with Gasteiger partial charge in [-0.1, -0.05) is 28.1 Å². The van der Waals surface area contributed by atoms with Gasteiger partial charge in [-0.05, 0) is 35.9 Å². The SMILES string of the molecule is O=C(NCCCBr)C(c1cccc(F)c1F)N1CCc2sccc2C1. The number of hydrogen-bond acceptors (Lipinski definition) is 3. The Morgan fingerprint density at radius 2 is 2.20 bits per heavy atom. The fourth-order valence-electron chi connectivity index (χ4n) is 3.10. The second kappa shape index (κ2) is 8.38. The lowest BCUT2D eigenvalue weighted by Crippen LogP contribution is -2.43. The fourth-order valence-corrected chi connectivity index (χ4v) is 4.27. The first kappa shape index (κ1) is 18.5. The number of benzene rings is 1. The van der Waals surface area contributed by atoms with Crippen LogP contribution < -0.4 is 5.32 Å². The van der Waals surface area contributed by atoms with Gasteiger partial charge in [0, 0.05) is 35.4 Å². The third-order valence-corrected chi connectivity index (χ3v) is 5.92.